The molecular formula is C40H44ClN3O5. The van der Waals surface area contributed by atoms with Crippen LogP contribution in [0.15, 0.2) is 110 Å². The van der Waals surface area contributed by atoms with Gasteiger partial charge in [-0.1, -0.05) is 103 Å². The number of para-hydroxylation sites is 1. The Labute approximate surface area is 293 Å². The molecule has 3 aromatic carbocycles. The van der Waals surface area contributed by atoms with Crippen LogP contribution in [0, 0.1) is 11.8 Å². The first-order valence-electron chi connectivity index (χ1n) is 17.0. The maximum atomic E-state index is 15.1. The zero-order valence-corrected chi connectivity index (χ0v) is 28.7. The van der Waals surface area contributed by atoms with Gasteiger partial charge in [-0.05, 0) is 48.9 Å². The zero-order valence-electron chi connectivity index (χ0n) is 27.9. The molecule has 256 valence electrons. The molecule has 2 unspecified atom stereocenters. The van der Waals surface area contributed by atoms with Crippen LogP contribution in [0.5, 0.6) is 0 Å². The van der Waals surface area contributed by atoms with Gasteiger partial charge in [0, 0.05) is 19.6 Å². The van der Waals surface area contributed by atoms with Crippen LogP contribution in [0.25, 0.3) is 0 Å². The Morgan fingerprint density at radius 3 is 2.20 bits per heavy atom. The zero-order chi connectivity index (χ0) is 34.8. The molecule has 49 heavy (non-hydrogen) atoms. The van der Waals surface area contributed by atoms with Crippen molar-refractivity contribution >= 4 is 35.0 Å². The lowest BCUT2D eigenvalue weighted by molar-refractivity contribution is -0.153. The monoisotopic (exact) mass is 681 g/mol. The number of hydrogen-bond acceptors (Lipinski definition) is 5. The number of rotatable bonds is 14. The van der Waals surface area contributed by atoms with E-state index in [4.69, 9.17) is 16.3 Å². The average Bonchev–Trinajstić information content (AvgIpc) is 3.73. The largest absolute Gasteiger partial charge is 0.394 e. The molecule has 3 aromatic rings. The van der Waals surface area contributed by atoms with E-state index in [0.29, 0.717) is 42.9 Å². The van der Waals surface area contributed by atoms with Crippen LogP contribution in [-0.4, -0.2) is 75.6 Å². The summed E-state index contributed by atoms with van der Waals surface area (Å²) in [4.78, 5) is 49.9. The predicted octanol–water partition coefficient (Wildman–Crippen LogP) is 5.83. The number of aliphatic hydroxyl groups excluding tert-OH is 1. The van der Waals surface area contributed by atoms with E-state index in [2.05, 4.69) is 13.2 Å². The number of fused-ring (bicyclic) bond motifs is 1. The van der Waals surface area contributed by atoms with Gasteiger partial charge < -0.3 is 24.5 Å². The molecule has 3 saturated heterocycles. The highest BCUT2D eigenvalue weighted by Crippen LogP contribution is 2.65. The van der Waals surface area contributed by atoms with Crippen LogP contribution < -0.4 is 4.90 Å². The van der Waals surface area contributed by atoms with Crippen LogP contribution in [-0.2, 0) is 32.1 Å². The number of ether oxygens (including phenoxy) is 1. The van der Waals surface area contributed by atoms with Crippen molar-refractivity contribution < 1.29 is 24.2 Å². The van der Waals surface area contributed by atoms with Gasteiger partial charge in [-0.3, -0.25) is 14.4 Å². The Hall–Kier alpha value is -4.24. The molecular weight excluding hydrogens is 638 g/mol. The summed E-state index contributed by atoms with van der Waals surface area (Å²) in [6.07, 6.45) is 5.06. The van der Waals surface area contributed by atoms with Crippen molar-refractivity contribution in [3.8, 4) is 0 Å². The summed E-state index contributed by atoms with van der Waals surface area (Å²) >= 11 is 6.66. The molecule has 1 N–H and O–H groups in total. The predicted molar refractivity (Wildman–Crippen MR) is 191 cm³/mol. The van der Waals surface area contributed by atoms with Crippen LogP contribution in [0.2, 0.25) is 5.02 Å². The van der Waals surface area contributed by atoms with Gasteiger partial charge in [0.1, 0.15) is 11.6 Å². The maximum absolute atomic E-state index is 15.1. The number of carbonyl (C=O) groups excluding carboxylic acids is 3. The highest BCUT2D eigenvalue weighted by molar-refractivity contribution is 6.34. The highest BCUT2D eigenvalue weighted by Gasteiger charge is 2.79. The van der Waals surface area contributed by atoms with Crippen molar-refractivity contribution in [1.29, 1.82) is 0 Å². The quantitative estimate of drug-likeness (QED) is 0.216. The van der Waals surface area contributed by atoms with Crippen LogP contribution >= 0.6 is 11.6 Å². The number of aliphatic hydroxyl groups is 1. The topological polar surface area (TPSA) is 90.4 Å². The summed E-state index contributed by atoms with van der Waals surface area (Å²) in [5.41, 5.74) is 0.127. The third kappa shape index (κ3) is 6.00. The van der Waals surface area contributed by atoms with Crippen molar-refractivity contribution in [2.45, 2.75) is 62.4 Å². The third-order valence-corrected chi connectivity index (χ3v) is 11.0. The fourth-order valence-corrected chi connectivity index (χ4v) is 8.72. The molecule has 1 spiro atoms. The van der Waals surface area contributed by atoms with Gasteiger partial charge in [-0.15, -0.1) is 13.2 Å². The van der Waals surface area contributed by atoms with Crippen molar-refractivity contribution in [3.05, 3.63) is 126 Å². The second kappa shape index (κ2) is 14.3. The van der Waals surface area contributed by atoms with Crippen molar-refractivity contribution in [1.82, 2.24) is 9.80 Å². The summed E-state index contributed by atoms with van der Waals surface area (Å²) in [5, 5.41) is 11.3. The molecule has 0 aromatic heterocycles. The molecule has 3 aliphatic heterocycles. The Morgan fingerprint density at radius 1 is 0.959 bits per heavy atom. The van der Waals surface area contributed by atoms with Crippen LogP contribution in [0.3, 0.4) is 0 Å². The smallest absolute Gasteiger partial charge is 0.253 e. The molecule has 9 heteroatoms. The number of likely N-dealkylation sites (tertiary alicyclic amines) is 1. The van der Waals surface area contributed by atoms with E-state index in [1.54, 1.807) is 41.3 Å². The lowest BCUT2D eigenvalue weighted by Gasteiger charge is -2.40. The summed E-state index contributed by atoms with van der Waals surface area (Å²) in [5.74, 6) is -2.68. The molecule has 0 aliphatic carbocycles. The molecule has 3 amide bonds. The van der Waals surface area contributed by atoms with E-state index in [0.717, 1.165) is 11.1 Å². The van der Waals surface area contributed by atoms with E-state index >= 15 is 9.59 Å². The maximum Gasteiger partial charge on any atom is 0.253 e. The van der Waals surface area contributed by atoms with Gasteiger partial charge in [-0.25, -0.2) is 0 Å². The van der Waals surface area contributed by atoms with Crippen LogP contribution in [0.1, 0.15) is 37.3 Å². The number of amides is 3. The minimum absolute atomic E-state index is 0.135. The summed E-state index contributed by atoms with van der Waals surface area (Å²) in [6, 6.07) is 24.5. The Kier molecular flexibility index (Phi) is 10.1. The van der Waals surface area contributed by atoms with Gasteiger partial charge in [-0.2, -0.15) is 0 Å². The molecule has 3 fully saturated rings. The first-order chi connectivity index (χ1) is 23.7. The second-order valence-corrected chi connectivity index (χ2v) is 13.7. The number of nitrogens with zero attached hydrogens (tertiary/aromatic N) is 3. The minimum Gasteiger partial charge on any atom is -0.394 e. The van der Waals surface area contributed by atoms with Gasteiger partial charge >= 0.3 is 0 Å². The standard InChI is InChI=1S/C40H44ClN3O5/c1-4-23-42(26-29-17-11-8-12-18-29)36(46)33-34-37(47)44(30(27-45)25-28-15-9-7-10-16-28)35(40(34)22-21-39(33,6-3)49-40)38(48)43(24-5-2)32-20-14-13-19-31(32)41/h4-5,7-20,30,33-35,45H,1-2,6,21-27H2,3H3/t30-,33+,34+,35?,39-,40?/m1/s1. The highest BCUT2D eigenvalue weighted by atomic mass is 35.5. The molecule has 8 nitrogen and oxygen atoms in total. The van der Waals surface area contributed by atoms with Gasteiger partial charge in [0.2, 0.25) is 11.8 Å². The van der Waals surface area contributed by atoms with Gasteiger partial charge in [0.15, 0.2) is 0 Å². The lowest BCUT2D eigenvalue weighted by atomic mass is 9.64. The minimum atomic E-state index is -1.29. The van der Waals surface area contributed by atoms with Crippen LogP contribution in [0.4, 0.5) is 5.69 Å². The number of halogens is 1. The first-order valence-corrected chi connectivity index (χ1v) is 17.4. The Balaban J connectivity index is 1.48. The SMILES string of the molecule is C=CCN(Cc1ccccc1)C(=O)[C@@H]1[C@H]2C(=O)N([C@@H](CO)Cc3ccccc3)C(C(=O)N(CC=C)c3ccccc3Cl)C23CC[C@@]1(CC)O3. The van der Waals surface area contributed by atoms with Crippen molar-refractivity contribution in [3.63, 3.8) is 0 Å². The van der Waals surface area contributed by atoms with Crippen molar-refractivity contribution in [2.24, 2.45) is 11.8 Å². The normalized spacial score (nSPS) is 25.9. The average molecular weight is 682 g/mol. The Morgan fingerprint density at radius 2 is 1.59 bits per heavy atom. The summed E-state index contributed by atoms with van der Waals surface area (Å²) < 4.78 is 7.08. The van der Waals surface area contributed by atoms with E-state index in [1.807, 2.05) is 67.6 Å². The molecule has 0 radical (unpaired) electrons. The number of benzene rings is 3. The molecule has 0 saturated carbocycles. The van der Waals surface area contributed by atoms with Crippen molar-refractivity contribution in [2.75, 3.05) is 24.6 Å². The number of hydrogen-bond donors (Lipinski definition) is 1. The lowest BCUT2D eigenvalue weighted by Crippen LogP contribution is -2.59. The van der Waals surface area contributed by atoms with E-state index in [9.17, 15) is 9.90 Å². The van der Waals surface area contributed by atoms with Gasteiger partial charge in [0.05, 0.1) is 40.8 Å². The van der Waals surface area contributed by atoms with E-state index in [1.165, 1.54) is 9.80 Å². The first kappa shape index (κ1) is 34.6. The molecule has 3 aliphatic rings. The van der Waals surface area contributed by atoms with E-state index in [-0.39, 0.29) is 37.4 Å². The number of anilines is 1. The summed E-state index contributed by atoms with van der Waals surface area (Å²) in [7, 11) is 0. The molecule has 2 bridgehead atoms. The fourth-order valence-electron chi connectivity index (χ4n) is 8.48. The molecule has 6 atom stereocenters. The molecule has 6 rings (SSSR count). The number of carbonyl (C=O) groups is 3. The summed E-state index contributed by atoms with van der Waals surface area (Å²) in [6.45, 7) is 10.2. The van der Waals surface area contributed by atoms with Gasteiger partial charge in [0.25, 0.3) is 5.91 Å². The fraction of sp³-hybridized carbons (Fsp3) is 0.375. The third-order valence-electron chi connectivity index (χ3n) is 10.6. The van der Waals surface area contributed by atoms with E-state index < -0.39 is 35.1 Å². The second-order valence-electron chi connectivity index (χ2n) is 13.3. The molecule has 3 heterocycles. The Bertz CT molecular complexity index is 1700.